The van der Waals surface area contributed by atoms with E-state index in [1.54, 1.807) is 4.31 Å². The van der Waals surface area contributed by atoms with Crippen molar-refractivity contribution in [1.29, 1.82) is 0 Å². The number of sulfonamides is 1. The van der Waals surface area contributed by atoms with Crippen molar-refractivity contribution in [2.24, 2.45) is 5.92 Å². The minimum absolute atomic E-state index is 0.115. The zero-order valence-corrected chi connectivity index (χ0v) is 9.26. The van der Waals surface area contributed by atoms with Gasteiger partial charge >= 0.3 is 0 Å². The van der Waals surface area contributed by atoms with Gasteiger partial charge in [-0.3, -0.25) is 0 Å². The molecule has 0 aromatic rings. The molecule has 1 unspecified atom stereocenters. The van der Waals surface area contributed by atoms with Crippen LogP contribution in [0.25, 0.3) is 0 Å². The van der Waals surface area contributed by atoms with Crippen LogP contribution < -0.4 is 5.32 Å². The molecule has 1 rings (SSSR count). The molecule has 13 heavy (non-hydrogen) atoms. The van der Waals surface area contributed by atoms with Crippen molar-refractivity contribution in [3.63, 3.8) is 0 Å². The minimum Gasteiger partial charge on any atom is -0.314 e. The van der Waals surface area contributed by atoms with Crippen molar-refractivity contribution in [1.82, 2.24) is 9.62 Å². The zero-order valence-electron chi connectivity index (χ0n) is 8.45. The van der Waals surface area contributed by atoms with E-state index < -0.39 is 10.0 Å². The maximum atomic E-state index is 11.4. The number of piperazine rings is 1. The van der Waals surface area contributed by atoms with E-state index in [0.717, 1.165) is 13.1 Å². The largest absolute Gasteiger partial charge is 0.314 e. The van der Waals surface area contributed by atoms with Crippen LogP contribution in [0, 0.1) is 5.92 Å². The third kappa shape index (κ3) is 2.65. The average molecular weight is 206 g/mol. The van der Waals surface area contributed by atoms with Crippen molar-refractivity contribution < 1.29 is 8.42 Å². The van der Waals surface area contributed by atoms with Crippen LogP contribution in [0.1, 0.15) is 13.8 Å². The molecule has 0 saturated carbocycles. The average Bonchev–Trinajstić information content (AvgIpc) is 2.03. The molecule has 0 aliphatic carbocycles. The molecule has 4 nitrogen and oxygen atoms in total. The number of hydrogen-bond donors (Lipinski definition) is 1. The van der Waals surface area contributed by atoms with Crippen LogP contribution in [0.4, 0.5) is 0 Å². The van der Waals surface area contributed by atoms with Crippen molar-refractivity contribution >= 4 is 10.0 Å². The van der Waals surface area contributed by atoms with Crippen LogP contribution in [0.5, 0.6) is 0 Å². The molecule has 5 heteroatoms. The van der Waals surface area contributed by atoms with Gasteiger partial charge in [-0.2, -0.15) is 4.31 Å². The summed E-state index contributed by atoms with van der Waals surface area (Å²) in [4.78, 5) is 0. The lowest BCUT2D eigenvalue weighted by Gasteiger charge is -2.36. The molecular formula is C8H18N2O2S. The van der Waals surface area contributed by atoms with Crippen LogP contribution in [0.3, 0.4) is 0 Å². The molecule has 1 saturated heterocycles. The molecule has 1 aliphatic heterocycles. The summed E-state index contributed by atoms with van der Waals surface area (Å²) < 4.78 is 24.4. The SMILES string of the molecule is CC(C)C1CNCCN1S(C)(=O)=O. The fourth-order valence-corrected chi connectivity index (χ4v) is 2.92. The molecule has 1 heterocycles. The Kier molecular flexibility index (Phi) is 3.32. The van der Waals surface area contributed by atoms with Gasteiger partial charge in [0.05, 0.1) is 6.26 Å². The first-order valence-electron chi connectivity index (χ1n) is 4.60. The van der Waals surface area contributed by atoms with Gasteiger partial charge in [-0.25, -0.2) is 8.42 Å². The van der Waals surface area contributed by atoms with E-state index in [0.29, 0.717) is 12.5 Å². The molecular weight excluding hydrogens is 188 g/mol. The van der Waals surface area contributed by atoms with Gasteiger partial charge in [0, 0.05) is 25.7 Å². The van der Waals surface area contributed by atoms with Crippen molar-refractivity contribution in [2.45, 2.75) is 19.9 Å². The molecule has 0 aromatic heterocycles. The van der Waals surface area contributed by atoms with Crippen LogP contribution in [0.2, 0.25) is 0 Å². The third-order valence-electron chi connectivity index (χ3n) is 2.43. The minimum atomic E-state index is -3.03. The predicted molar refractivity (Wildman–Crippen MR) is 53.0 cm³/mol. The zero-order chi connectivity index (χ0) is 10.1. The van der Waals surface area contributed by atoms with Crippen LogP contribution in [0.15, 0.2) is 0 Å². The second-order valence-electron chi connectivity index (χ2n) is 3.89. The van der Waals surface area contributed by atoms with E-state index in [2.05, 4.69) is 19.2 Å². The van der Waals surface area contributed by atoms with Gasteiger partial charge < -0.3 is 5.32 Å². The van der Waals surface area contributed by atoms with Gasteiger partial charge in [-0.1, -0.05) is 13.8 Å². The molecule has 0 spiro atoms. The lowest BCUT2D eigenvalue weighted by molar-refractivity contribution is 0.218. The van der Waals surface area contributed by atoms with Crippen molar-refractivity contribution in [3.8, 4) is 0 Å². The summed E-state index contributed by atoms with van der Waals surface area (Å²) in [5.41, 5.74) is 0. The maximum absolute atomic E-state index is 11.4. The summed E-state index contributed by atoms with van der Waals surface area (Å²) in [6.07, 6.45) is 1.29. The molecule has 1 fully saturated rings. The second-order valence-corrected chi connectivity index (χ2v) is 5.82. The van der Waals surface area contributed by atoms with Crippen LogP contribution in [-0.4, -0.2) is 44.7 Å². The Morgan fingerprint density at radius 1 is 1.46 bits per heavy atom. The number of nitrogens with zero attached hydrogens (tertiary/aromatic N) is 1. The molecule has 1 N–H and O–H groups in total. The predicted octanol–water partition coefficient (Wildman–Crippen LogP) is -0.124. The Labute approximate surface area is 80.4 Å². The highest BCUT2D eigenvalue weighted by molar-refractivity contribution is 7.88. The Hall–Kier alpha value is -0.130. The quantitative estimate of drug-likeness (QED) is 0.685. The highest BCUT2D eigenvalue weighted by atomic mass is 32.2. The normalized spacial score (nSPS) is 26.6. The van der Waals surface area contributed by atoms with E-state index in [-0.39, 0.29) is 6.04 Å². The second kappa shape index (κ2) is 3.94. The van der Waals surface area contributed by atoms with E-state index in [1.807, 2.05) is 0 Å². The van der Waals surface area contributed by atoms with Gasteiger partial charge in [-0.15, -0.1) is 0 Å². The first kappa shape index (κ1) is 10.9. The topological polar surface area (TPSA) is 49.4 Å². The lowest BCUT2D eigenvalue weighted by atomic mass is 10.0. The smallest absolute Gasteiger partial charge is 0.211 e. The highest BCUT2D eigenvalue weighted by Crippen LogP contribution is 2.15. The van der Waals surface area contributed by atoms with Gasteiger partial charge in [0.25, 0.3) is 0 Å². The molecule has 0 aromatic carbocycles. The molecule has 0 radical (unpaired) electrons. The molecule has 0 amide bonds. The van der Waals surface area contributed by atoms with E-state index in [9.17, 15) is 8.42 Å². The molecule has 0 bridgehead atoms. The molecule has 1 atom stereocenters. The molecule has 1 aliphatic rings. The van der Waals surface area contributed by atoms with E-state index in [1.165, 1.54) is 6.26 Å². The maximum Gasteiger partial charge on any atom is 0.211 e. The van der Waals surface area contributed by atoms with Crippen molar-refractivity contribution in [3.05, 3.63) is 0 Å². The lowest BCUT2D eigenvalue weighted by Crippen LogP contribution is -2.55. The van der Waals surface area contributed by atoms with E-state index >= 15 is 0 Å². The van der Waals surface area contributed by atoms with Crippen LogP contribution in [-0.2, 0) is 10.0 Å². The summed E-state index contributed by atoms with van der Waals surface area (Å²) in [5.74, 6) is 0.363. The first-order valence-corrected chi connectivity index (χ1v) is 6.45. The number of rotatable bonds is 2. The van der Waals surface area contributed by atoms with Gasteiger partial charge in [0.2, 0.25) is 10.0 Å². The molecule has 78 valence electrons. The fourth-order valence-electron chi connectivity index (χ4n) is 1.69. The van der Waals surface area contributed by atoms with Crippen LogP contribution >= 0.6 is 0 Å². The highest BCUT2D eigenvalue weighted by Gasteiger charge is 2.30. The van der Waals surface area contributed by atoms with Gasteiger partial charge in [0.1, 0.15) is 0 Å². The summed E-state index contributed by atoms with van der Waals surface area (Å²) >= 11 is 0. The Morgan fingerprint density at radius 3 is 2.46 bits per heavy atom. The van der Waals surface area contributed by atoms with Crippen molar-refractivity contribution in [2.75, 3.05) is 25.9 Å². The first-order chi connectivity index (χ1) is 5.93. The summed E-state index contributed by atoms with van der Waals surface area (Å²) in [6, 6.07) is 0.115. The summed E-state index contributed by atoms with van der Waals surface area (Å²) in [6.45, 7) is 6.23. The fraction of sp³-hybridized carbons (Fsp3) is 1.00. The van der Waals surface area contributed by atoms with Gasteiger partial charge in [-0.05, 0) is 5.92 Å². The Balaban J connectivity index is 2.80. The summed E-state index contributed by atoms with van der Waals surface area (Å²) in [7, 11) is -3.03. The third-order valence-corrected chi connectivity index (χ3v) is 3.73. The summed E-state index contributed by atoms with van der Waals surface area (Å²) in [5, 5.41) is 3.21. The van der Waals surface area contributed by atoms with E-state index in [4.69, 9.17) is 0 Å². The number of hydrogen-bond acceptors (Lipinski definition) is 3. The monoisotopic (exact) mass is 206 g/mol. The number of nitrogens with one attached hydrogen (secondary N) is 1. The van der Waals surface area contributed by atoms with Gasteiger partial charge in [0.15, 0.2) is 0 Å². The Bertz CT molecular complexity index is 261. The standard InChI is InChI=1S/C8H18N2O2S/c1-7(2)8-6-9-4-5-10(8)13(3,11)12/h7-9H,4-6H2,1-3H3. The Morgan fingerprint density at radius 2 is 2.08 bits per heavy atom.